The van der Waals surface area contributed by atoms with Crippen LogP contribution in [-0.2, 0) is 26.1 Å². The molecular weight excluding hydrogens is 725 g/mol. The normalized spacial score (nSPS) is 17.9. The van der Waals surface area contributed by atoms with E-state index < -0.39 is 39.6 Å². The van der Waals surface area contributed by atoms with Crippen molar-refractivity contribution in [2.75, 3.05) is 52.6 Å². The van der Waals surface area contributed by atoms with Crippen molar-refractivity contribution < 1.29 is 41.3 Å². The van der Waals surface area contributed by atoms with E-state index in [0.29, 0.717) is 59.2 Å². The lowest BCUT2D eigenvalue weighted by molar-refractivity contribution is -0.147. The number of carboxylic acids is 1. The molecule has 6 heterocycles. The van der Waals surface area contributed by atoms with E-state index >= 15 is 0 Å². The van der Waals surface area contributed by atoms with Crippen molar-refractivity contribution in [2.45, 2.75) is 77.7 Å². The highest BCUT2D eigenvalue weighted by molar-refractivity contribution is 7.89. The van der Waals surface area contributed by atoms with E-state index in [4.69, 9.17) is 19.2 Å². The van der Waals surface area contributed by atoms with Crippen LogP contribution >= 0.6 is 0 Å². The molecule has 6 rings (SSSR count). The van der Waals surface area contributed by atoms with E-state index in [1.807, 2.05) is 0 Å². The molecule has 0 radical (unpaired) electrons. The molecule has 0 unspecified atom stereocenters. The number of ether oxygens (including phenoxy) is 3. The molecule has 2 aliphatic heterocycles. The number of sulfonamides is 1. The standard InChI is InChI=1S/C37H47F2N7O7S/c1-23-9-10-27(30(37(4,5)36(47)48)26-11-15-46-32(25(26)3)42-43-33(46)31(38)39)40-28(23)22-45-14-8-17-51-19-20-53-35-29(54(45,49)50)21-24(2)34(41-35)52-18-16-44-12-6-7-13-44/h9-11,15,21,30-31H,6-8,12-14,16-20,22H2,1-5H3,(H,47,48)/t30-/m1/s1. The molecule has 292 valence electrons. The summed E-state index contributed by atoms with van der Waals surface area (Å²) in [5.41, 5.74) is 1.70. The van der Waals surface area contributed by atoms with Gasteiger partial charge in [-0.25, -0.2) is 17.2 Å². The van der Waals surface area contributed by atoms with Gasteiger partial charge in [-0.1, -0.05) is 6.07 Å². The number of hydrogen-bond donors (Lipinski definition) is 1. The first-order valence-corrected chi connectivity index (χ1v) is 19.5. The SMILES string of the molecule is Cc1ccc([C@@H](c2ccn3c(C(F)F)nnc3c2C)C(C)(C)C(=O)O)nc1CN1CCCOCCOc2nc(OCCN3CCCC3)c(C)cc2S1(=O)=O. The van der Waals surface area contributed by atoms with Gasteiger partial charge >= 0.3 is 5.97 Å². The molecule has 4 aromatic heterocycles. The summed E-state index contributed by atoms with van der Waals surface area (Å²) in [6.45, 7) is 12.1. The lowest BCUT2D eigenvalue weighted by atomic mass is 9.72. The van der Waals surface area contributed by atoms with Gasteiger partial charge in [0, 0.05) is 43.1 Å². The maximum Gasteiger partial charge on any atom is 0.310 e. The number of likely N-dealkylation sites (tertiary alicyclic amines) is 1. The van der Waals surface area contributed by atoms with Crippen molar-refractivity contribution in [2.24, 2.45) is 5.41 Å². The van der Waals surface area contributed by atoms with Crippen molar-refractivity contribution in [3.8, 4) is 11.8 Å². The molecule has 1 atom stereocenters. The predicted octanol–water partition coefficient (Wildman–Crippen LogP) is 5.09. The molecule has 2 aliphatic rings. The van der Waals surface area contributed by atoms with E-state index in [1.165, 1.54) is 21.0 Å². The smallest absolute Gasteiger partial charge is 0.310 e. The van der Waals surface area contributed by atoms with E-state index in [1.54, 1.807) is 52.8 Å². The van der Waals surface area contributed by atoms with Crippen LogP contribution in [0.3, 0.4) is 0 Å². The Bertz CT molecular complexity index is 2110. The molecule has 1 N–H and O–H groups in total. The number of carboxylic acid groups (broad SMARTS) is 1. The molecule has 1 saturated heterocycles. The highest BCUT2D eigenvalue weighted by Gasteiger charge is 2.41. The number of fused-ring (bicyclic) bond motifs is 2. The van der Waals surface area contributed by atoms with Gasteiger partial charge in [-0.05, 0) is 102 Å². The molecular formula is C37H47F2N7O7S. The second kappa shape index (κ2) is 16.2. The Morgan fingerprint density at radius 2 is 1.76 bits per heavy atom. The van der Waals surface area contributed by atoms with E-state index in [0.717, 1.165) is 32.5 Å². The monoisotopic (exact) mass is 771 g/mol. The number of nitrogens with zero attached hydrogens (tertiary/aromatic N) is 7. The quantitative estimate of drug-likeness (QED) is 0.216. The van der Waals surface area contributed by atoms with Crippen LogP contribution in [0.2, 0.25) is 0 Å². The summed E-state index contributed by atoms with van der Waals surface area (Å²) in [5, 5.41) is 18.1. The Balaban J connectivity index is 1.37. The number of alkyl halides is 2. The van der Waals surface area contributed by atoms with Crippen LogP contribution in [0, 0.1) is 26.2 Å². The fraction of sp³-hybridized carbons (Fsp3) is 0.541. The second-order valence-electron chi connectivity index (χ2n) is 14.4. The van der Waals surface area contributed by atoms with Crippen molar-refractivity contribution in [1.82, 2.24) is 33.8 Å². The first-order valence-electron chi connectivity index (χ1n) is 18.1. The Morgan fingerprint density at radius 1 is 1.00 bits per heavy atom. The summed E-state index contributed by atoms with van der Waals surface area (Å²) in [6.07, 6.45) is 1.26. The lowest BCUT2D eigenvalue weighted by Gasteiger charge is -2.32. The van der Waals surface area contributed by atoms with Crippen LogP contribution in [0.5, 0.6) is 11.8 Å². The molecule has 14 nitrogen and oxygen atoms in total. The molecule has 54 heavy (non-hydrogen) atoms. The largest absolute Gasteiger partial charge is 0.481 e. The Kier molecular flexibility index (Phi) is 11.8. The van der Waals surface area contributed by atoms with Gasteiger partial charge in [0.15, 0.2) is 5.65 Å². The summed E-state index contributed by atoms with van der Waals surface area (Å²) in [7, 11) is -4.24. The zero-order valence-corrected chi connectivity index (χ0v) is 32.0. The number of aliphatic carboxylic acids is 1. The minimum Gasteiger partial charge on any atom is -0.481 e. The van der Waals surface area contributed by atoms with Gasteiger partial charge in [-0.15, -0.1) is 10.2 Å². The van der Waals surface area contributed by atoms with Crippen molar-refractivity contribution >= 4 is 21.6 Å². The molecule has 1 fully saturated rings. The molecule has 0 aromatic carbocycles. The first kappa shape index (κ1) is 39.4. The third kappa shape index (κ3) is 8.04. The van der Waals surface area contributed by atoms with Crippen molar-refractivity contribution in [1.29, 1.82) is 0 Å². The van der Waals surface area contributed by atoms with Crippen LogP contribution in [0.25, 0.3) is 5.65 Å². The molecule has 4 aromatic rings. The third-order valence-electron chi connectivity index (χ3n) is 10.2. The van der Waals surface area contributed by atoms with Gasteiger partial charge in [0.05, 0.1) is 24.3 Å². The second-order valence-corrected chi connectivity index (χ2v) is 16.3. The lowest BCUT2D eigenvalue weighted by Crippen LogP contribution is -2.35. The minimum absolute atomic E-state index is 0.0803. The highest BCUT2D eigenvalue weighted by Crippen LogP contribution is 2.43. The number of halogens is 2. The zero-order valence-electron chi connectivity index (χ0n) is 31.2. The molecule has 0 amide bonds. The summed E-state index contributed by atoms with van der Waals surface area (Å²) >= 11 is 0. The third-order valence-corrected chi connectivity index (χ3v) is 12.1. The van der Waals surface area contributed by atoms with Gasteiger partial charge < -0.3 is 19.3 Å². The topological polar surface area (TPSA) is 162 Å². The fourth-order valence-electron chi connectivity index (χ4n) is 7.03. The van der Waals surface area contributed by atoms with Gasteiger partial charge in [0.2, 0.25) is 27.6 Å². The average molecular weight is 772 g/mol. The summed E-state index contributed by atoms with van der Waals surface area (Å²) in [5.74, 6) is -2.30. The summed E-state index contributed by atoms with van der Waals surface area (Å²) in [4.78, 5) is 24.5. The average Bonchev–Trinajstić information content (AvgIpc) is 3.81. The summed E-state index contributed by atoms with van der Waals surface area (Å²) < 4.78 is 76.6. The van der Waals surface area contributed by atoms with E-state index in [9.17, 15) is 27.1 Å². The fourth-order valence-corrected chi connectivity index (χ4v) is 8.62. The summed E-state index contributed by atoms with van der Waals surface area (Å²) in [6, 6.07) is 6.60. The molecule has 0 bridgehead atoms. The van der Waals surface area contributed by atoms with Crippen LogP contribution in [0.15, 0.2) is 35.4 Å². The zero-order chi connectivity index (χ0) is 38.8. The number of carbonyl (C=O) groups is 1. The Morgan fingerprint density at radius 3 is 2.48 bits per heavy atom. The van der Waals surface area contributed by atoms with Gasteiger partial charge in [0.1, 0.15) is 18.1 Å². The molecule has 17 heteroatoms. The Labute approximate surface area is 313 Å². The maximum absolute atomic E-state index is 14.6. The van der Waals surface area contributed by atoms with Crippen LogP contribution in [-0.4, -0.2) is 106 Å². The predicted molar refractivity (Wildman–Crippen MR) is 194 cm³/mol. The number of aromatic nitrogens is 5. The minimum atomic E-state index is -4.24. The highest BCUT2D eigenvalue weighted by atomic mass is 32.2. The van der Waals surface area contributed by atoms with Crippen molar-refractivity contribution in [3.63, 3.8) is 0 Å². The number of hydrogen-bond acceptors (Lipinski definition) is 11. The van der Waals surface area contributed by atoms with Gasteiger partial charge in [-0.3, -0.25) is 19.1 Å². The molecule has 0 aliphatic carbocycles. The number of aryl methyl sites for hydroxylation is 3. The van der Waals surface area contributed by atoms with Crippen molar-refractivity contribution in [3.05, 3.63) is 69.9 Å². The number of pyridine rings is 3. The Hall–Kier alpha value is -4.32. The molecule has 0 saturated carbocycles. The van der Waals surface area contributed by atoms with Crippen LogP contribution in [0.1, 0.15) is 84.9 Å². The first-order chi connectivity index (χ1) is 25.7. The maximum atomic E-state index is 14.6. The molecule has 0 spiro atoms. The van der Waals surface area contributed by atoms with Crippen LogP contribution in [0.4, 0.5) is 8.78 Å². The van der Waals surface area contributed by atoms with E-state index in [2.05, 4.69) is 20.1 Å². The van der Waals surface area contributed by atoms with Gasteiger partial charge in [0.25, 0.3) is 6.43 Å². The van der Waals surface area contributed by atoms with Gasteiger partial charge in [-0.2, -0.15) is 9.29 Å². The number of rotatable bonds is 11. The van der Waals surface area contributed by atoms with E-state index in [-0.39, 0.29) is 42.7 Å². The van der Waals surface area contributed by atoms with Crippen LogP contribution < -0.4 is 9.47 Å².